The number of amides is 2. The number of carbonyl (C=O) groups is 2. The highest BCUT2D eigenvalue weighted by Gasteiger charge is 2.60. The molecule has 0 spiro atoms. The lowest BCUT2D eigenvalue weighted by Crippen LogP contribution is -2.37. The molecule has 4 aromatic carbocycles. The number of carbonyl (C=O) groups excluding carboxylic acids is 2. The second kappa shape index (κ2) is 10.1. The summed E-state index contributed by atoms with van der Waals surface area (Å²) in [6.07, 6.45) is -0.987. The smallest absolute Gasteiger partial charge is 0.266 e. The van der Waals surface area contributed by atoms with Crippen LogP contribution in [0, 0.1) is 5.92 Å². The number of para-hydroxylation sites is 1. The number of imide groups is 1. The van der Waals surface area contributed by atoms with Crippen molar-refractivity contribution in [1.82, 2.24) is 0 Å². The monoisotopic (exact) mass is 544 g/mol. The van der Waals surface area contributed by atoms with Crippen molar-refractivity contribution < 1.29 is 19.2 Å². The molecule has 0 N–H and O–H groups in total. The Bertz CT molecular complexity index is 1460. The zero-order valence-electron chi connectivity index (χ0n) is 20.0. The molecular formula is C30H22Cl2N2O4. The van der Waals surface area contributed by atoms with E-state index in [-0.39, 0.29) is 5.91 Å². The van der Waals surface area contributed by atoms with Gasteiger partial charge < -0.3 is 4.74 Å². The van der Waals surface area contributed by atoms with Crippen molar-refractivity contribution >= 4 is 46.4 Å². The van der Waals surface area contributed by atoms with Crippen molar-refractivity contribution in [3.63, 3.8) is 0 Å². The molecule has 190 valence electrons. The van der Waals surface area contributed by atoms with Crippen LogP contribution in [0.4, 0.5) is 11.4 Å². The Morgan fingerprint density at radius 3 is 2.03 bits per heavy atom. The van der Waals surface area contributed by atoms with E-state index >= 15 is 0 Å². The number of hydroxylamine groups is 1. The molecule has 6 rings (SSSR count). The number of anilines is 2. The molecular weight excluding hydrogens is 523 g/mol. The molecule has 2 amide bonds. The van der Waals surface area contributed by atoms with Crippen LogP contribution >= 0.6 is 23.2 Å². The number of benzene rings is 4. The van der Waals surface area contributed by atoms with E-state index in [4.69, 9.17) is 32.8 Å². The maximum Gasteiger partial charge on any atom is 0.266 e. The molecule has 2 saturated heterocycles. The summed E-state index contributed by atoms with van der Waals surface area (Å²) in [6, 6.07) is 31.0. The summed E-state index contributed by atoms with van der Waals surface area (Å²) in [5, 5.41) is 2.33. The predicted octanol–water partition coefficient (Wildman–Crippen LogP) is 6.62. The molecule has 2 fully saturated rings. The number of hydrogen-bond acceptors (Lipinski definition) is 5. The van der Waals surface area contributed by atoms with Gasteiger partial charge in [0, 0.05) is 10.0 Å². The summed E-state index contributed by atoms with van der Waals surface area (Å²) in [5.41, 5.74) is 2.95. The zero-order chi connectivity index (χ0) is 26.2. The lowest BCUT2D eigenvalue weighted by atomic mass is 9.90. The fourth-order valence-corrected chi connectivity index (χ4v) is 5.49. The van der Waals surface area contributed by atoms with Gasteiger partial charge in [-0.25, -0.2) is 9.96 Å². The van der Waals surface area contributed by atoms with Gasteiger partial charge >= 0.3 is 0 Å². The first-order valence-electron chi connectivity index (χ1n) is 12.1. The Labute approximate surface area is 229 Å². The van der Waals surface area contributed by atoms with Gasteiger partial charge in [-0.3, -0.25) is 14.4 Å². The number of ether oxygens (including phenoxy) is 1. The SMILES string of the molecule is O=C1[C@H]2[C@H](ON(c3ccccc3)[C@@H]2c2ccc(OCc3ccccc3)cc2)C(=O)N1c1cc(Cl)cc(Cl)c1. The van der Waals surface area contributed by atoms with Crippen molar-refractivity contribution in [2.24, 2.45) is 5.92 Å². The Balaban J connectivity index is 1.32. The Morgan fingerprint density at radius 1 is 0.737 bits per heavy atom. The van der Waals surface area contributed by atoms with Crippen LogP contribution in [0.3, 0.4) is 0 Å². The van der Waals surface area contributed by atoms with Crippen molar-refractivity contribution in [1.29, 1.82) is 0 Å². The third-order valence-electron chi connectivity index (χ3n) is 6.70. The van der Waals surface area contributed by atoms with Crippen LogP contribution in [-0.4, -0.2) is 17.9 Å². The molecule has 0 radical (unpaired) electrons. The fourth-order valence-electron chi connectivity index (χ4n) is 4.98. The van der Waals surface area contributed by atoms with Crippen molar-refractivity contribution in [2.45, 2.75) is 18.8 Å². The summed E-state index contributed by atoms with van der Waals surface area (Å²) in [4.78, 5) is 34.6. The lowest BCUT2D eigenvalue weighted by Gasteiger charge is -2.29. The lowest BCUT2D eigenvalue weighted by molar-refractivity contribution is -0.126. The standard InChI is InChI=1S/C30H22Cl2N2O4/c31-21-15-22(32)17-24(16-21)33-29(35)26-27(34(38-28(26)30(33)36)23-9-5-2-6-10-23)20-11-13-25(14-12-20)37-18-19-7-3-1-4-8-19/h1-17,26-28H,18H2/t26-,27-,28+/m1/s1. The molecule has 6 nitrogen and oxygen atoms in total. The zero-order valence-corrected chi connectivity index (χ0v) is 21.5. The van der Waals surface area contributed by atoms with Gasteiger partial charge in [-0.05, 0) is 53.6 Å². The van der Waals surface area contributed by atoms with Gasteiger partial charge in [0.1, 0.15) is 18.3 Å². The van der Waals surface area contributed by atoms with Crippen LogP contribution in [-0.2, 0) is 21.0 Å². The normalized spacial score (nSPS) is 20.6. The quantitative estimate of drug-likeness (QED) is 0.255. The number of rotatable bonds is 6. The van der Waals surface area contributed by atoms with Crippen molar-refractivity contribution in [3.05, 3.63) is 124 Å². The number of halogens is 2. The molecule has 38 heavy (non-hydrogen) atoms. The molecule has 0 unspecified atom stereocenters. The van der Waals surface area contributed by atoms with Crippen LogP contribution in [0.2, 0.25) is 10.0 Å². The number of nitrogens with zero attached hydrogens (tertiary/aromatic N) is 2. The maximum absolute atomic E-state index is 13.8. The summed E-state index contributed by atoms with van der Waals surface area (Å²) < 4.78 is 5.94. The third kappa shape index (κ3) is 4.52. The van der Waals surface area contributed by atoms with E-state index in [2.05, 4.69) is 0 Å². The highest BCUT2D eigenvalue weighted by Crippen LogP contribution is 2.48. The maximum atomic E-state index is 13.8. The number of fused-ring (bicyclic) bond motifs is 1. The van der Waals surface area contributed by atoms with E-state index in [9.17, 15) is 9.59 Å². The van der Waals surface area contributed by atoms with Crippen molar-refractivity contribution in [2.75, 3.05) is 9.96 Å². The van der Waals surface area contributed by atoms with Crippen LogP contribution < -0.4 is 14.7 Å². The average Bonchev–Trinajstić information content (AvgIpc) is 3.44. The first kappa shape index (κ1) is 24.5. The Hall–Kier alpha value is -3.84. The van der Waals surface area contributed by atoms with E-state index in [0.29, 0.717) is 28.1 Å². The molecule has 8 heteroatoms. The van der Waals surface area contributed by atoms with E-state index in [0.717, 1.165) is 21.7 Å². The topological polar surface area (TPSA) is 59.1 Å². The highest BCUT2D eigenvalue weighted by atomic mass is 35.5. The van der Waals surface area contributed by atoms with Gasteiger partial charge in [0.2, 0.25) is 5.91 Å². The molecule has 0 aliphatic carbocycles. The highest BCUT2D eigenvalue weighted by molar-refractivity contribution is 6.35. The van der Waals surface area contributed by atoms with Crippen LogP contribution in [0.15, 0.2) is 103 Å². The summed E-state index contributed by atoms with van der Waals surface area (Å²) in [5.74, 6) is -0.893. The predicted molar refractivity (Wildman–Crippen MR) is 146 cm³/mol. The minimum absolute atomic E-state index is 0.324. The van der Waals surface area contributed by atoms with Gasteiger partial charge in [0.05, 0.1) is 17.4 Å². The average molecular weight is 545 g/mol. The third-order valence-corrected chi connectivity index (χ3v) is 7.14. The van der Waals surface area contributed by atoms with E-state index in [1.54, 1.807) is 23.3 Å². The Kier molecular flexibility index (Phi) is 6.54. The van der Waals surface area contributed by atoms with Gasteiger partial charge in [0.25, 0.3) is 5.91 Å². The van der Waals surface area contributed by atoms with E-state index in [1.165, 1.54) is 0 Å². The number of hydrogen-bond donors (Lipinski definition) is 0. The van der Waals surface area contributed by atoms with Crippen LogP contribution in [0.5, 0.6) is 5.75 Å². The van der Waals surface area contributed by atoms with Crippen LogP contribution in [0.1, 0.15) is 17.2 Å². The fraction of sp³-hybridized carbons (Fsp3) is 0.133. The molecule has 2 heterocycles. The Morgan fingerprint density at radius 2 is 1.37 bits per heavy atom. The summed E-state index contributed by atoms with van der Waals surface area (Å²) in [7, 11) is 0. The van der Waals surface area contributed by atoms with Gasteiger partial charge in [-0.2, -0.15) is 0 Å². The molecule has 4 aromatic rings. The first-order chi connectivity index (χ1) is 18.5. The van der Waals surface area contributed by atoms with E-state index < -0.39 is 24.0 Å². The minimum atomic E-state index is -0.987. The molecule has 0 bridgehead atoms. The first-order valence-corrected chi connectivity index (χ1v) is 12.9. The second-order valence-electron chi connectivity index (χ2n) is 9.14. The van der Waals surface area contributed by atoms with Crippen molar-refractivity contribution in [3.8, 4) is 5.75 Å². The van der Waals surface area contributed by atoms with Gasteiger partial charge in [-0.15, -0.1) is 0 Å². The largest absolute Gasteiger partial charge is 0.489 e. The molecule has 0 saturated carbocycles. The second-order valence-corrected chi connectivity index (χ2v) is 10.0. The van der Waals surface area contributed by atoms with E-state index in [1.807, 2.05) is 84.9 Å². The van der Waals surface area contributed by atoms with Gasteiger partial charge in [0.15, 0.2) is 6.10 Å². The summed E-state index contributed by atoms with van der Waals surface area (Å²) >= 11 is 12.3. The molecule has 0 aromatic heterocycles. The molecule has 3 atom stereocenters. The van der Waals surface area contributed by atoms with Crippen LogP contribution in [0.25, 0.3) is 0 Å². The summed E-state index contributed by atoms with van der Waals surface area (Å²) in [6.45, 7) is 0.442. The molecule has 2 aliphatic rings. The molecule has 2 aliphatic heterocycles. The van der Waals surface area contributed by atoms with Gasteiger partial charge in [-0.1, -0.05) is 83.9 Å². The minimum Gasteiger partial charge on any atom is -0.489 e.